The van der Waals surface area contributed by atoms with Crippen LogP contribution in [0.15, 0.2) is 29.2 Å². The van der Waals surface area contributed by atoms with Gasteiger partial charge in [0.05, 0.1) is 17.5 Å². The Morgan fingerprint density at radius 1 is 1.35 bits per heavy atom. The highest BCUT2D eigenvalue weighted by molar-refractivity contribution is 7.89. The van der Waals surface area contributed by atoms with Gasteiger partial charge in [-0.1, -0.05) is 38.0 Å². The lowest BCUT2D eigenvalue weighted by molar-refractivity contribution is -0.141. The summed E-state index contributed by atoms with van der Waals surface area (Å²) in [5, 5.41) is 1.52. The molecule has 0 saturated carbocycles. The number of sulfonamides is 1. The number of hydrazine groups is 1. The second kappa shape index (κ2) is 5.63. The number of hydrogen-bond acceptors (Lipinski definition) is 4. The quantitative estimate of drug-likeness (QED) is 0.894. The van der Waals surface area contributed by atoms with Gasteiger partial charge in [0.1, 0.15) is 0 Å². The Morgan fingerprint density at radius 3 is 2.45 bits per heavy atom. The lowest BCUT2D eigenvalue weighted by atomic mass is 9.89. The van der Waals surface area contributed by atoms with Gasteiger partial charge in [0.25, 0.3) is 10.0 Å². The molecular weight excluding hydrogens is 276 g/mol. The van der Waals surface area contributed by atoms with Crippen LogP contribution in [0.4, 0.5) is 0 Å². The first kappa shape index (κ1) is 15.2. The van der Waals surface area contributed by atoms with Crippen LogP contribution in [0.2, 0.25) is 0 Å². The van der Waals surface area contributed by atoms with Crippen LogP contribution in [0.5, 0.6) is 0 Å². The summed E-state index contributed by atoms with van der Waals surface area (Å²) in [5.41, 5.74) is 1.00. The van der Waals surface area contributed by atoms with Crippen molar-refractivity contribution in [3.63, 3.8) is 0 Å². The molecule has 1 fully saturated rings. The van der Waals surface area contributed by atoms with E-state index < -0.39 is 10.0 Å². The Kier molecular flexibility index (Phi) is 4.27. The molecule has 1 aromatic carbocycles. The minimum Gasteiger partial charge on any atom is -0.296 e. The summed E-state index contributed by atoms with van der Waals surface area (Å²) in [7, 11) is -3.61. The van der Waals surface area contributed by atoms with Crippen molar-refractivity contribution in [3.05, 3.63) is 29.8 Å². The highest BCUT2D eigenvalue weighted by atomic mass is 32.2. The van der Waals surface area contributed by atoms with Gasteiger partial charge < -0.3 is 0 Å². The predicted molar refractivity (Wildman–Crippen MR) is 76.5 cm³/mol. The summed E-state index contributed by atoms with van der Waals surface area (Å²) >= 11 is 0. The van der Waals surface area contributed by atoms with Gasteiger partial charge in [0.15, 0.2) is 5.78 Å². The second-order valence-electron chi connectivity index (χ2n) is 5.33. The zero-order chi connectivity index (χ0) is 14.9. The summed E-state index contributed by atoms with van der Waals surface area (Å²) in [4.78, 5) is 14.4. The third kappa shape index (κ3) is 2.92. The number of benzene rings is 1. The molecule has 2 atom stereocenters. The Morgan fingerprint density at radius 2 is 1.95 bits per heavy atom. The molecule has 0 spiro atoms. The fourth-order valence-corrected chi connectivity index (χ4v) is 3.37. The molecule has 20 heavy (non-hydrogen) atoms. The van der Waals surface area contributed by atoms with Crippen molar-refractivity contribution in [2.45, 2.75) is 38.1 Å². The summed E-state index contributed by atoms with van der Waals surface area (Å²) < 4.78 is 24.5. The average molecular weight is 296 g/mol. The highest BCUT2D eigenvalue weighted by Gasteiger charge is 2.42. The number of carbonyl (C=O) groups excluding carboxylic acids is 1. The molecule has 0 amide bonds. The molecule has 1 aliphatic heterocycles. The van der Waals surface area contributed by atoms with Crippen molar-refractivity contribution < 1.29 is 13.2 Å². The van der Waals surface area contributed by atoms with E-state index in [9.17, 15) is 13.2 Å². The van der Waals surface area contributed by atoms with Crippen molar-refractivity contribution in [1.29, 1.82) is 0 Å². The fourth-order valence-electron chi connectivity index (χ4n) is 2.28. The molecule has 1 saturated heterocycles. The zero-order valence-electron chi connectivity index (χ0n) is 12.0. The van der Waals surface area contributed by atoms with Crippen LogP contribution < -0.4 is 4.83 Å². The molecule has 6 heteroatoms. The monoisotopic (exact) mass is 296 g/mol. The normalized spacial score (nSPS) is 21.6. The van der Waals surface area contributed by atoms with Crippen LogP contribution in [0.25, 0.3) is 0 Å². The first-order valence-corrected chi connectivity index (χ1v) is 8.22. The number of Topliss-reactive ketones (excluding diaryl/α,β-unsaturated/α-hetero) is 1. The summed E-state index contributed by atoms with van der Waals surface area (Å²) in [6, 6.07) is 6.29. The lowest BCUT2D eigenvalue weighted by Crippen LogP contribution is -2.65. The molecule has 1 aliphatic rings. The summed E-state index contributed by atoms with van der Waals surface area (Å²) in [6.07, 6.45) is 0.833. The molecule has 2 unspecified atom stereocenters. The van der Waals surface area contributed by atoms with E-state index in [4.69, 9.17) is 0 Å². The number of aryl methyl sites for hydroxylation is 1. The van der Waals surface area contributed by atoms with Gasteiger partial charge in [0, 0.05) is 0 Å². The van der Waals surface area contributed by atoms with Crippen molar-refractivity contribution in [2.75, 3.05) is 6.54 Å². The number of rotatable bonds is 5. The van der Waals surface area contributed by atoms with Gasteiger partial charge in [-0.25, -0.2) is 13.4 Å². The Hall–Kier alpha value is -1.24. The third-order valence-electron chi connectivity index (χ3n) is 3.74. The number of ketones is 1. The van der Waals surface area contributed by atoms with Gasteiger partial charge in [-0.15, -0.1) is 4.83 Å². The van der Waals surface area contributed by atoms with Crippen molar-refractivity contribution in [1.82, 2.24) is 9.84 Å². The van der Waals surface area contributed by atoms with E-state index in [1.807, 2.05) is 20.8 Å². The van der Waals surface area contributed by atoms with E-state index in [0.29, 0.717) is 0 Å². The Labute approximate surface area is 120 Å². The number of nitrogens with one attached hydrogen (secondary N) is 1. The van der Waals surface area contributed by atoms with Crippen molar-refractivity contribution in [2.24, 2.45) is 5.92 Å². The highest BCUT2D eigenvalue weighted by Crippen LogP contribution is 2.23. The number of hydrogen-bond donors (Lipinski definition) is 1. The first-order valence-electron chi connectivity index (χ1n) is 6.73. The maximum Gasteiger partial charge on any atom is 0.253 e. The van der Waals surface area contributed by atoms with E-state index in [-0.39, 0.29) is 29.2 Å². The molecule has 0 radical (unpaired) electrons. The predicted octanol–water partition coefficient (Wildman–Crippen LogP) is 1.49. The first-order chi connectivity index (χ1) is 9.35. The molecule has 110 valence electrons. The molecule has 1 heterocycles. The third-order valence-corrected chi connectivity index (χ3v) is 5.11. The number of carbonyl (C=O) groups is 1. The van der Waals surface area contributed by atoms with Crippen molar-refractivity contribution >= 4 is 15.8 Å². The smallest absolute Gasteiger partial charge is 0.253 e. The van der Waals surface area contributed by atoms with Crippen LogP contribution in [0, 0.1) is 12.8 Å². The van der Waals surface area contributed by atoms with Gasteiger partial charge in [-0.3, -0.25) is 4.79 Å². The van der Waals surface area contributed by atoms with E-state index in [1.54, 1.807) is 24.3 Å². The fraction of sp³-hybridized carbons (Fsp3) is 0.500. The van der Waals surface area contributed by atoms with Gasteiger partial charge in [-0.05, 0) is 25.0 Å². The topological polar surface area (TPSA) is 66.5 Å². The molecule has 5 nitrogen and oxygen atoms in total. The van der Waals surface area contributed by atoms with E-state index in [2.05, 4.69) is 4.83 Å². The molecule has 2 rings (SSSR count). The molecule has 1 N–H and O–H groups in total. The lowest BCUT2D eigenvalue weighted by Gasteiger charge is -2.41. The maximum absolute atomic E-state index is 12.2. The van der Waals surface area contributed by atoms with Gasteiger partial charge in [0.2, 0.25) is 0 Å². The van der Waals surface area contributed by atoms with Crippen LogP contribution >= 0.6 is 0 Å². The van der Waals surface area contributed by atoms with Crippen LogP contribution in [0.3, 0.4) is 0 Å². The van der Waals surface area contributed by atoms with Gasteiger partial charge in [-0.2, -0.15) is 0 Å². The summed E-state index contributed by atoms with van der Waals surface area (Å²) in [5.74, 6) is 0.225. The SMILES string of the molecule is CCC(C)C1C(=O)CN1NS(=O)(=O)c1ccc(C)cc1. The Balaban J connectivity index is 2.13. The van der Waals surface area contributed by atoms with Gasteiger partial charge >= 0.3 is 0 Å². The molecule has 0 bridgehead atoms. The van der Waals surface area contributed by atoms with Crippen LogP contribution in [-0.4, -0.2) is 31.8 Å². The maximum atomic E-state index is 12.2. The minimum absolute atomic E-state index is 0.0888. The number of nitrogens with zero attached hydrogens (tertiary/aromatic N) is 1. The second-order valence-corrected chi connectivity index (χ2v) is 6.99. The average Bonchev–Trinajstić information content (AvgIpc) is 2.38. The standard InChI is InChI=1S/C14H20N2O3S/c1-4-11(3)14-13(17)9-16(14)15-20(18,19)12-7-5-10(2)6-8-12/h5-8,11,14-15H,4,9H2,1-3H3. The molecular formula is C14H20N2O3S. The van der Waals surface area contributed by atoms with Crippen LogP contribution in [-0.2, 0) is 14.8 Å². The van der Waals surface area contributed by atoms with E-state index >= 15 is 0 Å². The largest absolute Gasteiger partial charge is 0.296 e. The minimum atomic E-state index is -3.61. The van der Waals surface area contributed by atoms with Crippen molar-refractivity contribution in [3.8, 4) is 0 Å². The summed E-state index contributed by atoms with van der Waals surface area (Å²) in [6.45, 7) is 5.98. The molecule has 0 aliphatic carbocycles. The Bertz CT molecular complexity index is 595. The zero-order valence-corrected chi connectivity index (χ0v) is 12.8. The van der Waals surface area contributed by atoms with Crippen LogP contribution in [0.1, 0.15) is 25.8 Å². The molecule has 0 aromatic heterocycles. The van der Waals surface area contributed by atoms with E-state index in [1.165, 1.54) is 5.01 Å². The van der Waals surface area contributed by atoms with E-state index in [0.717, 1.165) is 12.0 Å². The molecule has 1 aromatic rings.